The Morgan fingerprint density at radius 3 is 1.30 bits per heavy atom. The highest BCUT2D eigenvalue weighted by molar-refractivity contribution is 6.45. The number of hydrogen-bond donors (Lipinski definition) is 0. The smallest absolute Gasteiger partial charge is 0.0795 e. The number of para-hydroxylation sites is 4. The molecule has 2 nitrogen and oxygen atoms in total. The second kappa shape index (κ2) is 10.4. The predicted octanol–water partition coefficient (Wildman–Crippen LogP) is 13.0. The Balaban J connectivity index is 1.53. The molecule has 0 spiro atoms. The van der Waals surface area contributed by atoms with E-state index >= 15 is 0 Å². The third kappa shape index (κ3) is 3.62. The highest BCUT2D eigenvalue weighted by Crippen LogP contribution is 2.51. The number of rotatable bonds is 3. The lowest BCUT2D eigenvalue weighted by atomic mass is 9.89. The van der Waals surface area contributed by atoms with Crippen molar-refractivity contribution in [3.8, 4) is 22.5 Å². The summed E-state index contributed by atoms with van der Waals surface area (Å²) < 4.78 is 5.06. The summed E-state index contributed by atoms with van der Waals surface area (Å²) in [5.41, 5.74) is 9.56. The van der Waals surface area contributed by atoms with Crippen LogP contribution in [0.4, 0.5) is 0 Å². The molecule has 0 aliphatic rings. The largest absolute Gasteiger partial charge is 0.307 e. The maximum atomic E-state index is 2.55. The predicted molar refractivity (Wildman–Crippen MR) is 213 cm³/mol. The molecule has 9 aromatic carbocycles. The topological polar surface area (TPSA) is 9.86 Å². The van der Waals surface area contributed by atoms with E-state index in [1.807, 2.05) is 0 Å². The van der Waals surface area contributed by atoms with Gasteiger partial charge in [-0.3, -0.25) is 0 Å². The van der Waals surface area contributed by atoms with Crippen molar-refractivity contribution in [1.82, 2.24) is 9.13 Å². The van der Waals surface area contributed by atoms with E-state index in [0.717, 1.165) is 5.69 Å². The quantitative estimate of drug-likeness (QED) is 0.171. The third-order valence-corrected chi connectivity index (χ3v) is 10.7. The molecule has 0 radical (unpaired) electrons. The van der Waals surface area contributed by atoms with E-state index in [1.165, 1.54) is 92.7 Å². The summed E-state index contributed by atoms with van der Waals surface area (Å²) >= 11 is 0. The molecule has 0 saturated heterocycles. The fourth-order valence-corrected chi connectivity index (χ4v) is 8.72. The van der Waals surface area contributed by atoms with Gasteiger partial charge in [0, 0.05) is 43.6 Å². The summed E-state index contributed by atoms with van der Waals surface area (Å²) in [5, 5.41) is 12.8. The van der Waals surface area contributed by atoms with Crippen molar-refractivity contribution in [3.05, 3.63) is 182 Å². The van der Waals surface area contributed by atoms with Crippen LogP contribution in [-0.4, -0.2) is 9.13 Å². The van der Waals surface area contributed by atoms with Crippen LogP contribution in [0.3, 0.4) is 0 Å². The van der Waals surface area contributed by atoms with Crippen molar-refractivity contribution in [2.75, 3.05) is 0 Å². The van der Waals surface area contributed by atoms with Crippen molar-refractivity contribution in [2.24, 2.45) is 0 Å². The van der Waals surface area contributed by atoms with Gasteiger partial charge in [0.25, 0.3) is 0 Å². The number of hydrogen-bond acceptors (Lipinski definition) is 0. The molecule has 0 unspecified atom stereocenters. The van der Waals surface area contributed by atoms with Crippen molar-refractivity contribution >= 4 is 75.9 Å². The van der Waals surface area contributed by atoms with Gasteiger partial charge in [0.2, 0.25) is 0 Å². The van der Waals surface area contributed by atoms with E-state index in [9.17, 15) is 0 Å². The first-order chi connectivity index (χ1) is 24.9. The molecular formula is C48H30N2. The molecule has 11 rings (SSSR count). The van der Waals surface area contributed by atoms with Crippen LogP contribution >= 0.6 is 0 Å². The van der Waals surface area contributed by atoms with Crippen LogP contribution in [0.2, 0.25) is 0 Å². The van der Waals surface area contributed by atoms with E-state index in [2.05, 4.69) is 191 Å². The molecule has 0 fully saturated rings. The van der Waals surface area contributed by atoms with Gasteiger partial charge in [-0.25, -0.2) is 0 Å². The van der Waals surface area contributed by atoms with Gasteiger partial charge in [-0.05, 0) is 57.4 Å². The summed E-state index contributed by atoms with van der Waals surface area (Å²) in [6.07, 6.45) is 0. The average Bonchev–Trinajstić information content (AvgIpc) is 3.72. The Kier molecular flexibility index (Phi) is 5.70. The molecule has 0 atom stereocenters. The van der Waals surface area contributed by atoms with Crippen molar-refractivity contribution in [3.63, 3.8) is 0 Å². The lowest BCUT2D eigenvalue weighted by Gasteiger charge is -2.18. The standard InChI is InChI=1S/C48H30N2/c1-3-17-31(18-4-1)33-21-11-14-28-40(33)50-42-30-16-13-27-39(42)46-44-37-25-10-8-23-35(37)34-22-7-9-24-36(34)43(44)45-38-26-12-15-29-41(38)49(47(45)48(46)50)32-19-5-2-6-20-32/h1-30H. The lowest BCUT2D eigenvalue weighted by Crippen LogP contribution is -2.00. The van der Waals surface area contributed by atoms with Crippen molar-refractivity contribution < 1.29 is 0 Å². The molecule has 232 valence electrons. The summed E-state index contributed by atoms with van der Waals surface area (Å²) in [7, 11) is 0. The number of aromatic nitrogens is 2. The Hall–Kier alpha value is -6.64. The zero-order valence-corrected chi connectivity index (χ0v) is 27.2. The summed E-state index contributed by atoms with van der Waals surface area (Å²) in [5.74, 6) is 0. The molecule has 0 amide bonds. The lowest BCUT2D eigenvalue weighted by molar-refractivity contribution is 1.15. The second-order valence-corrected chi connectivity index (χ2v) is 13.2. The van der Waals surface area contributed by atoms with Crippen molar-refractivity contribution in [1.29, 1.82) is 0 Å². The average molecular weight is 635 g/mol. The monoisotopic (exact) mass is 634 g/mol. The van der Waals surface area contributed by atoms with E-state index in [0.29, 0.717) is 0 Å². The third-order valence-electron chi connectivity index (χ3n) is 10.7. The van der Waals surface area contributed by atoms with Gasteiger partial charge in [0.15, 0.2) is 0 Å². The molecule has 0 N–H and O–H groups in total. The maximum Gasteiger partial charge on any atom is 0.0795 e. The van der Waals surface area contributed by atoms with E-state index < -0.39 is 0 Å². The van der Waals surface area contributed by atoms with Crippen LogP contribution in [0.15, 0.2) is 182 Å². The minimum atomic E-state index is 1.15. The van der Waals surface area contributed by atoms with Gasteiger partial charge < -0.3 is 9.13 Å². The van der Waals surface area contributed by atoms with E-state index in [-0.39, 0.29) is 0 Å². The summed E-state index contributed by atoms with van der Waals surface area (Å²) in [6.45, 7) is 0. The van der Waals surface area contributed by atoms with Gasteiger partial charge in [0.1, 0.15) is 0 Å². The molecule has 2 heteroatoms. The first-order valence-electron chi connectivity index (χ1n) is 17.3. The Morgan fingerprint density at radius 1 is 0.280 bits per heavy atom. The van der Waals surface area contributed by atoms with Gasteiger partial charge in [-0.15, -0.1) is 0 Å². The zero-order valence-electron chi connectivity index (χ0n) is 27.2. The van der Waals surface area contributed by atoms with Gasteiger partial charge in [-0.2, -0.15) is 0 Å². The number of benzene rings is 9. The van der Waals surface area contributed by atoms with Crippen LogP contribution in [0.1, 0.15) is 0 Å². The minimum absolute atomic E-state index is 1.15. The molecule has 2 aromatic heterocycles. The minimum Gasteiger partial charge on any atom is -0.307 e. The number of nitrogens with zero attached hydrogens (tertiary/aromatic N) is 2. The molecule has 0 aliphatic carbocycles. The van der Waals surface area contributed by atoms with E-state index in [4.69, 9.17) is 0 Å². The fourth-order valence-electron chi connectivity index (χ4n) is 8.72. The summed E-state index contributed by atoms with van der Waals surface area (Å²) in [4.78, 5) is 0. The second-order valence-electron chi connectivity index (χ2n) is 13.2. The fraction of sp³-hybridized carbons (Fsp3) is 0. The Labute approximate surface area is 288 Å². The molecule has 0 aliphatic heterocycles. The van der Waals surface area contributed by atoms with Crippen molar-refractivity contribution in [2.45, 2.75) is 0 Å². The molecule has 0 saturated carbocycles. The van der Waals surface area contributed by atoms with Gasteiger partial charge in [0.05, 0.1) is 27.8 Å². The Morgan fingerprint density at radius 2 is 0.700 bits per heavy atom. The highest BCUT2D eigenvalue weighted by Gasteiger charge is 2.27. The van der Waals surface area contributed by atoms with Gasteiger partial charge in [-0.1, -0.05) is 152 Å². The molecule has 50 heavy (non-hydrogen) atoms. The van der Waals surface area contributed by atoms with E-state index in [1.54, 1.807) is 0 Å². The van der Waals surface area contributed by atoms with Crippen LogP contribution in [0, 0.1) is 0 Å². The van der Waals surface area contributed by atoms with Crippen LogP contribution in [0.25, 0.3) is 98.4 Å². The first kappa shape index (κ1) is 27.3. The van der Waals surface area contributed by atoms with Crippen LogP contribution in [-0.2, 0) is 0 Å². The highest BCUT2D eigenvalue weighted by atomic mass is 15.0. The summed E-state index contributed by atoms with van der Waals surface area (Å²) in [6, 6.07) is 66.5. The first-order valence-corrected chi connectivity index (χ1v) is 17.3. The molecule has 2 heterocycles. The zero-order chi connectivity index (χ0) is 32.8. The van der Waals surface area contributed by atoms with Gasteiger partial charge >= 0.3 is 0 Å². The number of fused-ring (bicyclic) bond motifs is 15. The van der Waals surface area contributed by atoms with Crippen LogP contribution in [0.5, 0.6) is 0 Å². The Bertz CT molecular complexity index is 3130. The molecule has 0 bridgehead atoms. The molecule has 11 aromatic rings. The molecular weight excluding hydrogens is 605 g/mol. The normalized spacial score (nSPS) is 12.0. The maximum absolute atomic E-state index is 2.55. The van der Waals surface area contributed by atoms with Crippen LogP contribution < -0.4 is 0 Å². The SMILES string of the molecule is c1ccc(-c2ccccc2-n2c3ccccc3c3c4c5ccccc5c5ccccc5c4c4c5ccccc5n(-c5ccccc5)c4c32)cc1.